The fraction of sp³-hybridized carbons (Fsp3) is 0.160. The maximum absolute atomic E-state index is 9.97. The van der Waals surface area contributed by atoms with Gasteiger partial charge in [-0.2, -0.15) is 10.5 Å². The third kappa shape index (κ3) is 5.44. The van der Waals surface area contributed by atoms with Crippen molar-refractivity contribution in [2.75, 3.05) is 12.3 Å². The van der Waals surface area contributed by atoms with Gasteiger partial charge in [0, 0.05) is 46.0 Å². The number of anilines is 1. The van der Waals surface area contributed by atoms with E-state index in [1.165, 1.54) is 11.8 Å². The number of aliphatic hydroxyl groups is 1. The number of halogens is 1. The summed E-state index contributed by atoms with van der Waals surface area (Å²) in [6.07, 6.45) is 4.38. The molecule has 0 saturated carbocycles. The van der Waals surface area contributed by atoms with Gasteiger partial charge >= 0.3 is 0 Å². The zero-order valence-corrected chi connectivity index (χ0v) is 20.0. The van der Waals surface area contributed by atoms with Gasteiger partial charge in [-0.05, 0) is 43.2 Å². The van der Waals surface area contributed by atoms with Crippen molar-refractivity contribution < 1.29 is 9.52 Å². The number of rotatable bonds is 8. The van der Waals surface area contributed by atoms with Gasteiger partial charge in [-0.3, -0.25) is 4.98 Å². The van der Waals surface area contributed by atoms with E-state index >= 15 is 0 Å². The molecule has 0 aliphatic heterocycles. The van der Waals surface area contributed by atoms with E-state index in [4.69, 9.17) is 26.9 Å². The van der Waals surface area contributed by atoms with Crippen LogP contribution < -0.4 is 5.73 Å². The van der Waals surface area contributed by atoms with E-state index in [9.17, 15) is 10.5 Å². The van der Waals surface area contributed by atoms with Gasteiger partial charge in [0.05, 0.1) is 11.3 Å². The van der Waals surface area contributed by atoms with Crippen LogP contribution in [0.1, 0.15) is 28.9 Å². The SMILES string of the molecule is N#Cc1c(N)nc(SCc2coc(-c3ccc(Cl)cc3)n2)c(C#N)c1-c1ccc(CCCO)nc1. The quantitative estimate of drug-likeness (QED) is 0.318. The number of aryl methyl sites for hydroxylation is 1. The van der Waals surface area contributed by atoms with Crippen molar-refractivity contribution in [3.63, 3.8) is 0 Å². The van der Waals surface area contributed by atoms with Gasteiger partial charge in [0.25, 0.3) is 0 Å². The Morgan fingerprint density at radius 2 is 1.74 bits per heavy atom. The van der Waals surface area contributed by atoms with E-state index in [-0.39, 0.29) is 23.6 Å². The zero-order valence-electron chi connectivity index (χ0n) is 18.4. The number of aliphatic hydroxyl groups excluding tert-OH is 1. The molecule has 3 aromatic heterocycles. The lowest BCUT2D eigenvalue weighted by Crippen LogP contribution is -2.04. The fourth-order valence-corrected chi connectivity index (χ4v) is 4.41. The Kier molecular flexibility index (Phi) is 7.64. The lowest BCUT2D eigenvalue weighted by molar-refractivity contribution is 0.288. The van der Waals surface area contributed by atoms with Gasteiger partial charge in [-0.15, -0.1) is 0 Å². The largest absolute Gasteiger partial charge is 0.444 e. The average molecular weight is 503 g/mol. The van der Waals surface area contributed by atoms with Gasteiger partial charge in [0.1, 0.15) is 34.8 Å². The Bertz CT molecular complexity index is 1420. The number of nitriles is 2. The minimum Gasteiger partial charge on any atom is -0.444 e. The number of nitrogen functional groups attached to an aromatic ring is 1. The first-order valence-electron chi connectivity index (χ1n) is 10.6. The van der Waals surface area contributed by atoms with E-state index in [0.29, 0.717) is 51.4 Å². The second-order valence-corrected chi connectivity index (χ2v) is 8.86. The summed E-state index contributed by atoms with van der Waals surface area (Å²) in [5, 5.41) is 29.7. The molecule has 4 aromatic rings. The molecule has 10 heteroatoms. The van der Waals surface area contributed by atoms with Crippen LogP contribution in [0.25, 0.3) is 22.6 Å². The number of nitrogens with two attached hydrogens (primary N) is 1. The normalized spacial score (nSPS) is 10.6. The van der Waals surface area contributed by atoms with Crippen LogP contribution in [0.3, 0.4) is 0 Å². The molecule has 0 radical (unpaired) electrons. The van der Waals surface area contributed by atoms with E-state index in [0.717, 1.165) is 11.3 Å². The number of oxazole rings is 1. The van der Waals surface area contributed by atoms with Crippen LogP contribution in [0.15, 0.2) is 58.3 Å². The summed E-state index contributed by atoms with van der Waals surface area (Å²) < 4.78 is 5.58. The van der Waals surface area contributed by atoms with Crippen molar-refractivity contribution in [3.05, 3.63) is 76.4 Å². The Balaban J connectivity index is 1.63. The monoisotopic (exact) mass is 502 g/mol. The van der Waals surface area contributed by atoms with E-state index in [1.807, 2.05) is 18.2 Å². The molecule has 0 atom stereocenters. The number of nitrogens with zero attached hydrogens (tertiary/aromatic N) is 5. The van der Waals surface area contributed by atoms with Crippen LogP contribution in [-0.2, 0) is 12.2 Å². The molecular formula is C25H19ClN6O2S. The highest BCUT2D eigenvalue weighted by molar-refractivity contribution is 7.98. The minimum atomic E-state index is 0.0374. The first kappa shape index (κ1) is 24.2. The Labute approximate surface area is 211 Å². The third-order valence-corrected chi connectivity index (χ3v) is 6.38. The molecular weight excluding hydrogens is 484 g/mol. The second kappa shape index (κ2) is 11.0. The Hall–Kier alpha value is -3.89. The first-order valence-corrected chi connectivity index (χ1v) is 11.9. The van der Waals surface area contributed by atoms with E-state index in [1.54, 1.807) is 30.7 Å². The summed E-state index contributed by atoms with van der Waals surface area (Å²) in [6, 6.07) is 15.0. The lowest BCUT2D eigenvalue weighted by Gasteiger charge is -2.13. The number of aromatic nitrogens is 3. The number of thioether (sulfide) groups is 1. The van der Waals surface area contributed by atoms with Crippen molar-refractivity contribution in [2.24, 2.45) is 0 Å². The predicted octanol–water partition coefficient (Wildman–Crippen LogP) is 4.99. The van der Waals surface area contributed by atoms with Gasteiger partial charge in [-0.25, -0.2) is 9.97 Å². The molecule has 35 heavy (non-hydrogen) atoms. The average Bonchev–Trinajstić information content (AvgIpc) is 3.35. The highest BCUT2D eigenvalue weighted by Gasteiger charge is 2.21. The zero-order chi connectivity index (χ0) is 24.8. The summed E-state index contributed by atoms with van der Waals surface area (Å²) in [7, 11) is 0. The molecule has 3 N–H and O–H groups in total. The van der Waals surface area contributed by atoms with Gasteiger partial charge < -0.3 is 15.3 Å². The van der Waals surface area contributed by atoms with E-state index < -0.39 is 0 Å². The summed E-state index contributed by atoms with van der Waals surface area (Å²) in [4.78, 5) is 13.2. The Morgan fingerprint density at radius 3 is 2.40 bits per heavy atom. The summed E-state index contributed by atoms with van der Waals surface area (Å²) in [5.74, 6) is 0.871. The van der Waals surface area contributed by atoms with Crippen LogP contribution in [-0.4, -0.2) is 26.7 Å². The molecule has 0 spiro atoms. The van der Waals surface area contributed by atoms with Gasteiger partial charge in [0.15, 0.2) is 0 Å². The van der Waals surface area contributed by atoms with Crippen molar-refractivity contribution in [1.82, 2.24) is 15.0 Å². The number of hydrogen-bond acceptors (Lipinski definition) is 9. The molecule has 0 fully saturated rings. The second-order valence-electron chi connectivity index (χ2n) is 7.46. The highest BCUT2D eigenvalue weighted by Crippen LogP contribution is 2.36. The highest BCUT2D eigenvalue weighted by atomic mass is 35.5. The molecule has 0 aliphatic carbocycles. The predicted molar refractivity (Wildman–Crippen MR) is 133 cm³/mol. The molecule has 0 saturated heterocycles. The fourth-order valence-electron chi connectivity index (χ4n) is 3.41. The molecule has 1 aromatic carbocycles. The van der Waals surface area contributed by atoms with Crippen molar-refractivity contribution in [2.45, 2.75) is 23.6 Å². The van der Waals surface area contributed by atoms with Gasteiger partial charge in [0.2, 0.25) is 5.89 Å². The Morgan fingerprint density at radius 1 is 1.00 bits per heavy atom. The molecule has 174 valence electrons. The molecule has 0 bridgehead atoms. The van der Waals surface area contributed by atoms with Crippen molar-refractivity contribution in [3.8, 4) is 34.7 Å². The molecule has 4 rings (SSSR count). The first-order chi connectivity index (χ1) is 17.0. The van der Waals surface area contributed by atoms with Crippen molar-refractivity contribution in [1.29, 1.82) is 10.5 Å². The number of pyridine rings is 2. The molecule has 0 unspecified atom stereocenters. The number of hydrogen-bond donors (Lipinski definition) is 2. The molecule has 3 heterocycles. The van der Waals surface area contributed by atoms with Crippen molar-refractivity contribution >= 4 is 29.2 Å². The summed E-state index contributed by atoms with van der Waals surface area (Å²) >= 11 is 7.22. The maximum Gasteiger partial charge on any atom is 0.226 e. The maximum atomic E-state index is 9.97. The minimum absolute atomic E-state index is 0.0374. The van der Waals surface area contributed by atoms with Crippen LogP contribution in [0, 0.1) is 22.7 Å². The molecule has 0 amide bonds. The topological polar surface area (TPSA) is 146 Å². The van der Waals surface area contributed by atoms with E-state index in [2.05, 4.69) is 27.1 Å². The van der Waals surface area contributed by atoms with Crippen LogP contribution >= 0.6 is 23.4 Å². The standard InChI is InChI=1S/C25H19ClN6O2S/c26-17-6-3-15(4-7-17)24-31-19(13-34-24)14-35-25-21(11-28)22(20(10-27)23(29)32-25)16-5-8-18(30-12-16)2-1-9-33/h3-8,12-13,33H,1-2,9,14H2,(H2,29,32). The van der Waals surface area contributed by atoms with Crippen LogP contribution in [0.2, 0.25) is 5.02 Å². The third-order valence-electron chi connectivity index (χ3n) is 5.12. The van der Waals surface area contributed by atoms with Gasteiger partial charge in [-0.1, -0.05) is 29.4 Å². The lowest BCUT2D eigenvalue weighted by atomic mass is 9.98. The smallest absolute Gasteiger partial charge is 0.226 e. The molecule has 8 nitrogen and oxygen atoms in total. The van der Waals surface area contributed by atoms with Crippen LogP contribution in [0.4, 0.5) is 5.82 Å². The summed E-state index contributed by atoms with van der Waals surface area (Å²) in [5.41, 5.74) is 9.71. The summed E-state index contributed by atoms with van der Waals surface area (Å²) in [6.45, 7) is 0.0782. The number of benzene rings is 1. The van der Waals surface area contributed by atoms with Crippen LogP contribution in [0.5, 0.6) is 0 Å². The molecule has 0 aliphatic rings.